The molecule has 1 atom stereocenters. The molecule has 25 heavy (non-hydrogen) atoms. The van der Waals surface area contributed by atoms with Gasteiger partial charge in [-0.2, -0.15) is 0 Å². The molecule has 10 heteroatoms. The zero-order valence-corrected chi connectivity index (χ0v) is 14.0. The Morgan fingerprint density at radius 2 is 1.88 bits per heavy atom. The van der Waals surface area contributed by atoms with Gasteiger partial charge in [-0.15, -0.1) is 0 Å². The normalized spacial score (nSPS) is 18.4. The van der Waals surface area contributed by atoms with E-state index in [1.807, 2.05) is 0 Å². The van der Waals surface area contributed by atoms with Crippen molar-refractivity contribution < 1.29 is 31.9 Å². The quantitative estimate of drug-likeness (QED) is 0.644. The maximum Gasteiger partial charge on any atom is 0.325 e. The number of halogens is 1. The van der Waals surface area contributed by atoms with Gasteiger partial charge in [-0.25, -0.2) is 12.8 Å². The van der Waals surface area contributed by atoms with Crippen LogP contribution in [-0.4, -0.2) is 56.9 Å². The zero-order chi connectivity index (χ0) is 18.4. The number of carbonyl (C=O) groups excluding carboxylic acids is 3. The van der Waals surface area contributed by atoms with E-state index in [9.17, 15) is 27.2 Å². The summed E-state index contributed by atoms with van der Waals surface area (Å²) in [5.41, 5.74) is 0.175. The summed E-state index contributed by atoms with van der Waals surface area (Å²) in [7, 11) is -3.11. The maximum atomic E-state index is 12.8. The molecular weight excluding hydrogens is 355 g/mol. The molecule has 0 bridgehead atoms. The first-order chi connectivity index (χ1) is 11.7. The SMILES string of the molecule is O=C(COC(=O)CNC(=O)c1ccc(F)cc1)N[C@H]1CCS(=O)(=O)C1. The fourth-order valence-electron chi connectivity index (χ4n) is 2.23. The van der Waals surface area contributed by atoms with E-state index in [4.69, 9.17) is 4.74 Å². The lowest BCUT2D eigenvalue weighted by Gasteiger charge is -2.11. The smallest absolute Gasteiger partial charge is 0.325 e. The summed E-state index contributed by atoms with van der Waals surface area (Å²) in [6.45, 7) is -1.02. The molecule has 0 radical (unpaired) electrons. The summed E-state index contributed by atoms with van der Waals surface area (Å²) in [6.07, 6.45) is 0.329. The molecule has 0 saturated carbocycles. The largest absolute Gasteiger partial charge is 0.454 e. The molecule has 1 aliphatic heterocycles. The number of nitrogens with one attached hydrogen (secondary N) is 2. The minimum atomic E-state index is -3.11. The van der Waals surface area contributed by atoms with Crippen LogP contribution in [-0.2, 0) is 24.2 Å². The molecule has 136 valence electrons. The highest BCUT2D eigenvalue weighted by molar-refractivity contribution is 7.91. The average Bonchev–Trinajstić information content (AvgIpc) is 2.90. The topological polar surface area (TPSA) is 119 Å². The van der Waals surface area contributed by atoms with Crippen LogP contribution in [0, 0.1) is 5.82 Å². The maximum absolute atomic E-state index is 12.8. The number of rotatable bonds is 6. The Bertz CT molecular complexity index is 763. The first-order valence-electron chi connectivity index (χ1n) is 7.44. The van der Waals surface area contributed by atoms with Crippen LogP contribution in [0.25, 0.3) is 0 Å². The molecule has 1 aromatic carbocycles. The Balaban J connectivity index is 1.67. The zero-order valence-electron chi connectivity index (χ0n) is 13.2. The van der Waals surface area contributed by atoms with Gasteiger partial charge < -0.3 is 15.4 Å². The van der Waals surface area contributed by atoms with Gasteiger partial charge in [0.05, 0.1) is 11.5 Å². The summed E-state index contributed by atoms with van der Waals surface area (Å²) >= 11 is 0. The highest BCUT2D eigenvalue weighted by atomic mass is 32.2. The third kappa shape index (κ3) is 6.14. The molecule has 1 saturated heterocycles. The number of ether oxygens (including phenoxy) is 1. The van der Waals surface area contributed by atoms with Crippen molar-refractivity contribution in [3.05, 3.63) is 35.6 Å². The summed E-state index contributed by atoms with van der Waals surface area (Å²) in [5, 5.41) is 4.75. The van der Waals surface area contributed by atoms with Crippen molar-refractivity contribution in [3.8, 4) is 0 Å². The monoisotopic (exact) mass is 372 g/mol. The van der Waals surface area contributed by atoms with Gasteiger partial charge in [0.15, 0.2) is 16.4 Å². The second-order valence-electron chi connectivity index (χ2n) is 5.52. The van der Waals surface area contributed by atoms with Gasteiger partial charge in [0.25, 0.3) is 11.8 Å². The molecule has 0 spiro atoms. The van der Waals surface area contributed by atoms with Crippen molar-refractivity contribution in [3.63, 3.8) is 0 Å². The predicted molar refractivity (Wildman–Crippen MR) is 84.9 cm³/mol. The number of benzene rings is 1. The third-order valence-corrected chi connectivity index (χ3v) is 5.23. The van der Waals surface area contributed by atoms with E-state index >= 15 is 0 Å². The minimum absolute atomic E-state index is 0.0210. The van der Waals surface area contributed by atoms with Crippen LogP contribution in [0.15, 0.2) is 24.3 Å². The highest BCUT2D eigenvalue weighted by Crippen LogP contribution is 2.10. The minimum Gasteiger partial charge on any atom is -0.454 e. The Hall–Kier alpha value is -2.49. The lowest BCUT2D eigenvalue weighted by Crippen LogP contribution is -2.39. The summed E-state index contributed by atoms with van der Waals surface area (Å²) < 4.78 is 40.0. The molecule has 1 aliphatic rings. The van der Waals surface area contributed by atoms with Crippen LogP contribution < -0.4 is 10.6 Å². The van der Waals surface area contributed by atoms with Crippen molar-refractivity contribution >= 4 is 27.6 Å². The molecule has 2 N–H and O–H groups in total. The van der Waals surface area contributed by atoms with Crippen molar-refractivity contribution in [2.75, 3.05) is 24.7 Å². The van der Waals surface area contributed by atoms with Gasteiger partial charge in [0.1, 0.15) is 12.4 Å². The van der Waals surface area contributed by atoms with E-state index in [2.05, 4.69) is 10.6 Å². The standard InChI is InChI=1S/C15H17FN2O6S/c16-11-3-1-10(2-4-11)15(21)17-7-14(20)24-8-13(19)18-12-5-6-25(22,23)9-12/h1-4,12H,5-9H2,(H,17,21)(H,18,19)/t12-/m0/s1. The molecule has 8 nitrogen and oxygen atoms in total. The molecule has 2 rings (SSSR count). The molecular formula is C15H17FN2O6S. The lowest BCUT2D eigenvalue weighted by molar-refractivity contribution is -0.147. The van der Waals surface area contributed by atoms with Gasteiger partial charge in [-0.05, 0) is 30.7 Å². The third-order valence-electron chi connectivity index (χ3n) is 3.46. The number of amides is 2. The van der Waals surface area contributed by atoms with Crippen LogP contribution in [0.4, 0.5) is 4.39 Å². The molecule has 0 aromatic heterocycles. The van der Waals surface area contributed by atoms with Gasteiger partial charge in [-0.3, -0.25) is 14.4 Å². The molecule has 1 fully saturated rings. The predicted octanol–water partition coefficient (Wildman–Crippen LogP) is -0.598. The Labute approximate surface area is 143 Å². The summed E-state index contributed by atoms with van der Waals surface area (Å²) in [6, 6.07) is 4.27. The molecule has 0 aliphatic carbocycles. The Morgan fingerprint density at radius 1 is 1.20 bits per heavy atom. The highest BCUT2D eigenvalue weighted by Gasteiger charge is 2.29. The van der Waals surface area contributed by atoms with E-state index < -0.39 is 52.6 Å². The summed E-state index contributed by atoms with van der Waals surface area (Å²) in [4.78, 5) is 34.8. The van der Waals surface area contributed by atoms with Crippen LogP contribution >= 0.6 is 0 Å². The van der Waals surface area contributed by atoms with E-state index in [0.717, 1.165) is 12.1 Å². The van der Waals surface area contributed by atoms with Crippen molar-refractivity contribution in [2.24, 2.45) is 0 Å². The number of esters is 1. The number of sulfone groups is 1. The van der Waals surface area contributed by atoms with Crippen LogP contribution in [0.2, 0.25) is 0 Å². The molecule has 0 unspecified atom stereocenters. The van der Waals surface area contributed by atoms with Crippen LogP contribution in [0.3, 0.4) is 0 Å². The van der Waals surface area contributed by atoms with Gasteiger partial charge in [0, 0.05) is 11.6 Å². The van der Waals surface area contributed by atoms with E-state index in [1.165, 1.54) is 12.1 Å². The number of carbonyl (C=O) groups is 3. The number of hydrogen-bond donors (Lipinski definition) is 2. The van der Waals surface area contributed by atoms with Crippen LogP contribution in [0.1, 0.15) is 16.8 Å². The lowest BCUT2D eigenvalue weighted by atomic mass is 10.2. The number of hydrogen-bond acceptors (Lipinski definition) is 6. The van der Waals surface area contributed by atoms with Crippen LogP contribution in [0.5, 0.6) is 0 Å². The fraction of sp³-hybridized carbons (Fsp3) is 0.400. The second-order valence-corrected chi connectivity index (χ2v) is 7.75. The second kappa shape index (κ2) is 8.06. The Morgan fingerprint density at radius 3 is 2.48 bits per heavy atom. The fourth-order valence-corrected chi connectivity index (χ4v) is 3.90. The van der Waals surface area contributed by atoms with Crippen molar-refractivity contribution in [1.82, 2.24) is 10.6 Å². The van der Waals surface area contributed by atoms with E-state index in [-0.39, 0.29) is 17.1 Å². The first kappa shape index (κ1) is 18.8. The van der Waals surface area contributed by atoms with Gasteiger partial charge in [0.2, 0.25) is 0 Å². The van der Waals surface area contributed by atoms with E-state index in [1.54, 1.807) is 0 Å². The molecule has 2 amide bonds. The van der Waals surface area contributed by atoms with Crippen molar-refractivity contribution in [1.29, 1.82) is 0 Å². The van der Waals surface area contributed by atoms with Crippen molar-refractivity contribution in [2.45, 2.75) is 12.5 Å². The Kier molecular flexibility index (Phi) is 6.07. The summed E-state index contributed by atoms with van der Waals surface area (Å²) in [5.74, 6) is -2.62. The molecule has 1 heterocycles. The first-order valence-corrected chi connectivity index (χ1v) is 9.26. The molecule has 1 aromatic rings. The van der Waals surface area contributed by atoms with Gasteiger partial charge in [-0.1, -0.05) is 0 Å². The average molecular weight is 372 g/mol. The van der Waals surface area contributed by atoms with E-state index in [0.29, 0.717) is 6.42 Å². The van der Waals surface area contributed by atoms with Gasteiger partial charge >= 0.3 is 5.97 Å².